The maximum Gasteiger partial charge on any atom is 0.254 e. The minimum Gasteiger partial charge on any atom is -0.508 e. The van der Waals surface area contributed by atoms with Crippen molar-refractivity contribution in [3.63, 3.8) is 0 Å². The van der Waals surface area contributed by atoms with Gasteiger partial charge in [-0.1, -0.05) is 12.0 Å². The van der Waals surface area contributed by atoms with E-state index in [0.717, 1.165) is 5.56 Å². The Morgan fingerprint density at radius 3 is 2.69 bits per heavy atom. The predicted octanol–water partition coefficient (Wildman–Crippen LogP) is 1.81. The average Bonchev–Trinajstić information content (AvgIpc) is 2.93. The maximum atomic E-state index is 12.1. The number of nitrogens with zero attached hydrogens (tertiary/aromatic N) is 3. The number of benzene rings is 1. The second-order valence-electron chi connectivity index (χ2n) is 7.57. The van der Waals surface area contributed by atoms with Crippen LogP contribution in [0.3, 0.4) is 0 Å². The molecule has 0 spiro atoms. The number of nitrogen functional groups attached to an aromatic ring is 1. The Kier molecular flexibility index (Phi) is 4.21. The lowest BCUT2D eigenvalue weighted by Crippen LogP contribution is -2.38. The van der Waals surface area contributed by atoms with Crippen LogP contribution in [0, 0.1) is 31.1 Å². The quantitative estimate of drug-likeness (QED) is 0.571. The Morgan fingerprint density at radius 2 is 2.07 bits per heavy atom. The fourth-order valence-corrected chi connectivity index (χ4v) is 3.45. The number of ether oxygens (including phenoxy) is 1. The molecule has 1 saturated heterocycles. The van der Waals surface area contributed by atoms with Crippen LogP contribution in [0.15, 0.2) is 18.3 Å². The van der Waals surface area contributed by atoms with Crippen molar-refractivity contribution in [2.75, 3.05) is 18.9 Å². The first-order valence-corrected chi connectivity index (χ1v) is 9.09. The number of hydrogen-bond acceptors (Lipinski definition) is 6. The summed E-state index contributed by atoms with van der Waals surface area (Å²) in [5, 5.41) is 10.2. The highest BCUT2D eigenvalue weighted by molar-refractivity contribution is 6.09. The minimum absolute atomic E-state index is 0.0912. The number of aromatic hydroxyl groups is 1. The number of carbonyl (C=O) groups is 1. The fraction of sp³-hybridized carbons (Fsp3) is 0.286. The summed E-state index contributed by atoms with van der Waals surface area (Å²) < 4.78 is 6.83. The number of hydrogen-bond donors (Lipinski definition) is 3. The van der Waals surface area contributed by atoms with Gasteiger partial charge in [0, 0.05) is 5.56 Å². The fourth-order valence-electron chi connectivity index (χ4n) is 3.45. The highest BCUT2D eigenvalue weighted by Crippen LogP contribution is 2.34. The van der Waals surface area contributed by atoms with Gasteiger partial charge < -0.3 is 21.3 Å². The van der Waals surface area contributed by atoms with E-state index >= 15 is 0 Å². The van der Waals surface area contributed by atoms with Crippen molar-refractivity contribution in [3.05, 3.63) is 40.7 Å². The molecule has 8 nitrogen and oxygen atoms in total. The van der Waals surface area contributed by atoms with E-state index in [1.165, 1.54) is 6.20 Å². The smallest absolute Gasteiger partial charge is 0.254 e. The summed E-state index contributed by atoms with van der Waals surface area (Å²) in [6, 6.07) is 3.37. The number of nitrogens with two attached hydrogens (primary N) is 2. The summed E-state index contributed by atoms with van der Waals surface area (Å²) in [4.78, 5) is 21.1. The van der Waals surface area contributed by atoms with E-state index in [2.05, 4.69) is 21.8 Å². The number of phenolic OH excluding ortho intramolecular Hbond substituents is 1. The molecule has 3 heterocycles. The van der Waals surface area contributed by atoms with Crippen LogP contribution in [-0.4, -0.2) is 38.8 Å². The lowest BCUT2D eigenvalue weighted by atomic mass is 9.89. The molecule has 0 saturated carbocycles. The number of anilines is 1. The molecule has 0 unspecified atom stereocenters. The molecule has 8 heteroatoms. The number of aryl methyl sites for hydroxylation is 1. The van der Waals surface area contributed by atoms with Crippen molar-refractivity contribution in [1.82, 2.24) is 14.5 Å². The number of phenols is 1. The molecule has 0 radical (unpaired) electrons. The van der Waals surface area contributed by atoms with E-state index in [4.69, 9.17) is 16.2 Å². The third-order valence-electron chi connectivity index (χ3n) is 5.11. The van der Waals surface area contributed by atoms with Crippen molar-refractivity contribution < 1.29 is 14.6 Å². The molecule has 148 valence electrons. The highest BCUT2D eigenvalue weighted by Gasteiger charge is 2.31. The second kappa shape index (κ2) is 6.50. The molecule has 0 atom stereocenters. The summed E-state index contributed by atoms with van der Waals surface area (Å²) in [5.41, 5.74) is 14.9. The molecular weight excluding hydrogens is 370 g/mol. The zero-order valence-corrected chi connectivity index (χ0v) is 16.4. The van der Waals surface area contributed by atoms with E-state index < -0.39 is 5.91 Å². The maximum absolute atomic E-state index is 12.1. The van der Waals surface area contributed by atoms with Gasteiger partial charge in [0.15, 0.2) is 5.65 Å². The molecule has 0 aliphatic carbocycles. The Hall–Kier alpha value is -3.57. The Bertz CT molecular complexity index is 1230. The van der Waals surface area contributed by atoms with Crippen LogP contribution in [-0.2, 0) is 4.74 Å². The number of amides is 1. The van der Waals surface area contributed by atoms with Gasteiger partial charge in [0.1, 0.15) is 28.3 Å². The molecule has 2 aromatic heterocycles. The molecule has 5 N–H and O–H groups in total. The van der Waals surface area contributed by atoms with Gasteiger partial charge >= 0.3 is 0 Å². The van der Waals surface area contributed by atoms with Crippen molar-refractivity contribution in [2.45, 2.75) is 20.8 Å². The van der Waals surface area contributed by atoms with Crippen LogP contribution < -0.4 is 11.5 Å². The van der Waals surface area contributed by atoms with Gasteiger partial charge in [-0.05, 0) is 38.3 Å². The normalized spacial score (nSPS) is 14.9. The lowest BCUT2D eigenvalue weighted by Gasteiger charge is -2.32. The van der Waals surface area contributed by atoms with Gasteiger partial charge in [0.05, 0.1) is 30.5 Å². The number of rotatable bonds is 2. The number of carbonyl (C=O) groups excluding carboxylic acids is 1. The largest absolute Gasteiger partial charge is 0.508 e. The van der Waals surface area contributed by atoms with Gasteiger partial charge in [0.2, 0.25) is 0 Å². The van der Waals surface area contributed by atoms with Gasteiger partial charge in [-0.15, -0.1) is 0 Å². The first-order valence-electron chi connectivity index (χ1n) is 9.09. The standard InChI is InChI=1S/C21H21N5O3/c1-11-4-5-14(27)12(2)17(11)26-18(22)15(19(23)28)16-20(26)25-13(8-24-16)6-7-21(3)9-29-10-21/h4-5,8,27H,9-10,22H2,1-3H3,(H2,23,28). The third kappa shape index (κ3) is 2.96. The summed E-state index contributed by atoms with van der Waals surface area (Å²) >= 11 is 0. The second-order valence-corrected chi connectivity index (χ2v) is 7.57. The van der Waals surface area contributed by atoms with Crippen molar-refractivity contribution in [3.8, 4) is 23.3 Å². The molecule has 3 aromatic rings. The molecule has 1 fully saturated rings. The molecule has 0 bridgehead atoms. The highest BCUT2D eigenvalue weighted by atomic mass is 16.5. The van der Waals surface area contributed by atoms with Gasteiger partial charge in [-0.3, -0.25) is 9.36 Å². The molecule has 1 aliphatic heterocycles. The molecule has 1 amide bonds. The predicted molar refractivity (Wildman–Crippen MR) is 109 cm³/mol. The molecule has 1 aromatic carbocycles. The summed E-state index contributed by atoms with van der Waals surface area (Å²) in [7, 11) is 0. The van der Waals surface area contributed by atoms with E-state index in [9.17, 15) is 9.90 Å². The number of aromatic nitrogens is 3. The summed E-state index contributed by atoms with van der Waals surface area (Å²) in [6.07, 6.45) is 1.50. The van der Waals surface area contributed by atoms with Crippen LogP contribution in [0.5, 0.6) is 5.75 Å². The summed E-state index contributed by atoms with van der Waals surface area (Å²) in [5.74, 6) is 5.72. The number of primary amides is 1. The molecule has 29 heavy (non-hydrogen) atoms. The Balaban J connectivity index is 2.01. The molecular formula is C21H21N5O3. The Labute approximate surface area is 167 Å². The zero-order valence-electron chi connectivity index (χ0n) is 16.4. The lowest BCUT2D eigenvalue weighted by molar-refractivity contribution is -0.0648. The molecule has 1 aliphatic rings. The van der Waals surface area contributed by atoms with E-state index in [1.54, 1.807) is 23.6 Å². The average molecular weight is 391 g/mol. The van der Waals surface area contributed by atoms with Crippen molar-refractivity contribution in [2.24, 2.45) is 11.1 Å². The van der Waals surface area contributed by atoms with Crippen molar-refractivity contribution >= 4 is 22.9 Å². The Morgan fingerprint density at radius 1 is 1.34 bits per heavy atom. The van der Waals surface area contributed by atoms with E-state index in [0.29, 0.717) is 41.3 Å². The van der Waals surface area contributed by atoms with Crippen LogP contribution in [0.1, 0.15) is 34.1 Å². The van der Waals surface area contributed by atoms with Gasteiger partial charge in [-0.2, -0.15) is 0 Å². The van der Waals surface area contributed by atoms with E-state index in [1.807, 2.05) is 13.8 Å². The topological polar surface area (TPSA) is 129 Å². The third-order valence-corrected chi connectivity index (χ3v) is 5.11. The van der Waals surface area contributed by atoms with E-state index in [-0.39, 0.29) is 22.5 Å². The van der Waals surface area contributed by atoms with Gasteiger partial charge in [0.25, 0.3) is 5.91 Å². The van der Waals surface area contributed by atoms with Gasteiger partial charge in [-0.25, -0.2) is 9.97 Å². The van der Waals surface area contributed by atoms with Crippen LogP contribution in [0.4, 0.5) is 5.82 Å². The minimum atomic E-state index is -0.700. The van der Waals surface area contributed by atoms with Crippen LogP contribution in [0.25, 0.3) is 16.9 Å². The summed E-state index contributed by atoms with van der Waals surface area (Å²) in [6.45, 7) is 6.81. The SMILES string of the molecule is Cc1ccc(O)c(C)c1-n1c(N)c(C(N)=O)c2ncc(C#CC3(C)COC3)nc21. The van der Waals surface area contributed by atoms with Crippen molar-refractivity contribution in [1.29, 1.82) is 0 Å². The molecule has 4 rings (SSSR count). The van der Waals surface area contributed by atoms with Crippen LogP contribution >= 0.6 is 0 Å². The number of fused-ring (bicyclic) bond motifs is 1. The zero-order chi connectivity index (χ0) is 20.9. The monoisotopic (exact) mass is 391 g/mol. The first-order chi connectivity index (χ1) is 13.7. The first kappa shape index (κ1) is 18.8. The van der Waals surface area contributed by atoms with Crippen LogP contribution in [0.2, 0.25) is 0 Å².